The summed E-state index contributed by atoms with van der Waals surface area (Å²) in [5, 5.41) is 7.82. The fourth-order valence-electron chi connectivity index (χ4n) is 10.6. The van der Waals surface area contributed by atoms with Crippen LogP contribution in [-0.2, 0) is 59.5 Å². The lowest BCUT2D eigenvalue weighted by atomic mass is 9.84. The molecule has 7 amide bonds. The minimum atomic E-state index is -3.97. The molecule has 2 saturated heterocycles. The van der Waals surface area contributed by atoms with Gasteiger partial charge in [-0.05, 0) is 79.9 Å². The molecule has 0 bridgehead atoms. The van der Waals surface area contributed by atoms with Gasteiger partial charge < -0.3 is 44.9 Å². The molecule has 3 aliphatic rings. The Labute approximate surface area is 434 Å². The van der Waals surface area contributed by atoms with E-state index in [1.54, 1.807) is 60.0 Å². The van der Waals surface area contributed by atoms with E-state index in [1.165, 1.54) is 14.2 Å². The van der Waals surface area contributed by atoms with Crippen molar-refractivity contribution in [2.75, 3.05) is 54.6 Å². The quantitative estimate of drug-likeness (QED) is 0.0988. The van der Waals surface area contributed by atoms with Gasteiger partial charge in [0.1, 0.15) is 17.8 Å². The highest BCUT2D eigenvalue weighted by atomic mass is 32.2. The Kier molecular flexibility index (Phi) is 23.0. The van der Waals surface area contributed by atoms with Crippen LogP contribution in [0.25, 0.3) is 0 Å². The lowest BCUT2D eigenvalue weighted by molar-refractivity contribution is -0.148. The minimum Gasteiger partial charge on any atom is -0.484 e. The number of likely N-dealkylation sites (N-methyl/N-ethyl adjacent to an activating group) is 1. The van der Waals surface area contributed by atoms with Crippen molar-refractivity contribution in [3.8, 4) is 5.75 Å². The maximum Gasteiger partial charge on any atom is 0.260 e. The molecule has 20 heteroatoms. The van der Waals surface area contributed by atoms with E-state index in [9.17, 15) is 42.0 Å². The maximum absolute atomic E-state index is 14.5. The first-order valence-electron chi connectivity index (χ1n) is 26.4. The number of amides is 7. The van der Waals surface area contributed by atoms with Gasteiger partial charge in [0, 0.05) is 66.2 Å². The number of carbonyl (C=O) groups is 7. The first-order chi connectivity index (χ1) is 34.4. The Balaban J connectivity index is 1.47. The Morgan fingerprint density at radius 3 is 1.90 bits per heavy atom. The molecule has 4 rings (SSSR count). The topological polar surface area (TPSA) is 239 Å². The van der Waals surface area contributed by atoms with Gasteiger partial charge in [-0.1, -0.05) is 80.9 Å². The smallest absolute Gasteiger partial charge is 0.260 e. The molecule has 2 aliphatic heterocycles. The van der Waals surface area contributed by atoms with E-state index >= 15 is 0 Å². The molecule has 3 fully saturated rings. The lowest BCUT2D eigenvalue weighted by Gasteiger charge is -2.41. The molecule has 1 aromatic rings. The minimum absolute atomic E-state index is 0.0347. The van der Waals surface area contributed by atoms with Gasteiger partial charge in [-0.2, -0.15) is 0 Å². The summed E-state index contributed by atoms with van der Waals surface area (Å²) in [6, 6.07) is 3.40. The van der Waals surface area contributed by atoms with Crippen molar-refractivity contribution >= 4 is 51.4 Å². The van der Waals surface area contributed by atoms with Crippen LogP contribution in [0, 0.1) is 41.4 Å². The van der Waals surface area contributed by atoms with Crippen LogP contribution in [0.3, 0.4) is 0 Å². The third kappa shape index (κ3) is 16.3. The van der Waals surface area contributed by atoms with Crippen molar-refractivity contribution in [2.24, 2.45) is 41.4 Å². The number of nitrogens with zero attached hydrogens (tertiary/aromatic N) is 3. The van der Waals surface area contributed by atoms with Crippen LogP contribution in [0.5, 0.6) is 5.75 Å². The van der Waals surface area contributed by atoms with E-state index in [0.717, 1.165) is 0 Å². The molecular formula is C53H87N7O12S. The molecular weight excluding hydrogens is 959 g/mol. The molecule has 1 aliphatic carbocycles. The number of hydrogen-bond acceptors (Lipinski definition) is 12. The average Bonchev–Trinajstić information content (AvgIpc) is 4.12. The number of benzene rings is 1. The molecule has 4 N–H and O–H groups in total. The van der Waals surface area contributed by atoms with Crippen molar-refractivity contribution in [3.63, 3.8) is 0 Å². The Morgan fingerprint density at radius 1 is 0.767 bits per heavy atom. The summed E-state index contributed by atoms with van der Waals surface area (Å²) in [6.45, 7) is 18.5. The first kappa shape index (κ1) is 60.7. The second-order valence-corrected chi connectivity index (χ2v) is 23.5. The van der Waals surface area contributed by atoms with Gasteiger partial charge in [-0.25, -0.2) is 8.42 Å². The summed E-state index contributed by atoms with van der Waals surface area (Å²) in [7, 11) is 2.30. The van der Waals surface area contributed by atoms with Crippen LogP contribution < -0.4 is 25.4 Å². The highest BCUT2D eigenvalue weighted by molar-refractivity contribution is 7.90. The van der Waals surface area contributed by atoms with Crippen molar-refractivity contribution in [2.45, 2.75) is 162 Å². The monoisotopic (exact) mass is 1050 g/mol. The third-order valence-electron chi connectivity index (χ3n) is 15.3. The summed E-state index contributed by atoms with van der Waals surface area (Å²) in [4.78, 5) is 100. The van der Waals surface area contributed by atoms with Gasteiger partial charge in [-0.3, -0.25) is 38.3 Å². The molecule has 19 nitrogen and oxygen atoms in total. The Morgan fingerprint density at radius 2 is 1.38 bits per heavy atom. The number of methoxy groups -OCH3 is 2. The third-order valence-corrected chi connectivity index (χ3v) is 17.1. The fraction of sp³-hybridized carbons (Fsp3) is 0.755. The summed E-state index contributed by atoms with van der Waals surface area (Å²) in [6.07, 6.45) is 2.12. The van der Waals surface area contributed by atoms with Gasteiger partial charge in [0.2, 0.25) is 39.6 Å². The SMILES string of the molecule is CC[C@H](C)[C@@H]([C@@H](CC(=O)N1CCC[C@H]1[C@H](OC)[C@@H](C)C(=O)N[C@@H](Cc1ccc(OCC(=O)N2CCC(C(=O)NC)CC2)cc1)C(=O)NS(=O)(=O)C1CC1)OC)N(C)C(=O)[C@@H](NC(=O)C(C(C)C)C(C)C)C(C)C. The number of ether oxygens (including phenoxy) is 3. The van der Waals surface area contributed by atoms with Crippen LogP contribution in [0.15, 0.2) is 24.3 Å². The van der Waals surface area contributed by atoms with Crippen LogP contribution in [0.2, 0.25) is 0 Å². The first-order valence-corrected chi connectivity index (χ1v) is 27.9. The summed E-state index contributed by atoms with van der Waals surface area (Å²) in [5.41, 5.74) is 0.578. The molecule has 1 saturated carbocycles. The van der Waals surface area contributed by atoms with E-state index in [1.807, 2.05) is 55.4 Å². The number of hydrogen-bond donors (Lipinski definition) is 4. The van der Waals surface area contributed by atoms with Gasteiger partial charge in [0.25, 0.3) is 11.8 Å². The lowest BCUT2D eigenvalue weighted by Crippen LogP contribution is -2.58. The molecule has 0 unspecified atom stereocenters. The zero-order valence-electron chi connectivity index (χ0n) is 45.7. The molecule has 412 valence electrons. The molecule has 0 aromatic heterocycles. The zero-order valence-corrected chi connectivity index (χ0v) is 46.6. The molecule has 2 heterocycles. The van der Waals surface area contributed by atoms with Crippen LogP contribution in [0.1, 0.15) is 119 Å². The predicted octanol–water partition coefficient (Wildman–Crippen LogP) is 3.68. The zero-order chi connectivity index (χ0) is 54.5. The average molecular weight is 1050 g/mol. The van der Waals surface area contributed by atoms with E-state index in [-0.39, 0.29) is 84.5 Å². The van der Waals surface area contributed by atoms with E-state index in [0.29, 0.717) is 75.9 Å². The summed E-state index contributed by atoms with van der Waals surface area (Å²) in [5.74, 6) is -3.51. The van der Waals surface area contributed by atoms with E-state index < -0.39 is 69.4 Å². The number of nitrogens with one attached hydrogen (secondary N) is 4. The molecule has 8 atom stereocenters. The number of sulfonamides is 1. The largest absolute Gasteiger partial charge is 0.484 e. The Bertz CT molecular complexity index is 2140. The number of rotatable bonds is 27. The van der Waals surface area contributed by atoms with Crippen LogP contribution in [0.4, 0.5) is 0 Å². The molecule has 0 radical (unpaired) electrons. The van der Waals surface area contributed by atoms with E-state index in [4.69, 9.17) is 14.2 Å². The van der Waals surface area contributed by atoms with Gasteiger partial charge in [-0.15, -0.1) is 0 Å². The molecule has 1 aromatic carbocycles. The van der Waals surface area contributed by atoms with Crippen molar-refractivity contribution in [3.05, 3.63) is 29.8 Å². The predicted molar refractivity (Wildman–Crippen MR) is 277 cm³/mol. The summed E-state index contributed by atoms with van der Waals surface area (Å²) < 4.78 is 45.9. The van der Waals surface area contributed by atoms with Crippen molar-refractivity contribution < 1.29 is 56.2 Å². The van der Waals surface area contributed by atoms with Gasteiger partial charge in [0.05, 0.1) is 41.9 Å². The second kappa shape index (κ2) is 27.6. The number of piperidine rings is 1. The van der Waals surface area contributed by atoms with Crippen LogP contribution >= 0.6 is 0 Å². The highest BCUT2D eigenvalue weighted by Gasteiger charge is 2.44. The Hall–Kier alpha value is -4.82. The maximum atomic E-state index is 14.5. The van der Waals surface area contributed by atoms with Crippen molar-refractivity contribution in [1.82, 2.24) is 35.4 Å². The number of carbonyl (C=O) groups excluding carboxylic acids is 7. The van der Waals surface area contributed by atoms with Crippen molar-refractivity contribution in [1.29, 1.82) is 0 Å². The normalized spacial score (nSPS) is 19.4. The number of likely N-dealkylation sites (tertiary alicyclic amines) is 2. The van der Waals surface area contributed by atoms with Gasteiger partial charge in [0.15, 0.2) is 6.61 Å². The fourth-order valence-corrected chi connectivity index (χ4v) is 12.0. The van der Waals surface area contributed by atoms with E-state index in [2.05, 4.69) is 20.7 Å². The van der Waals surface area contributed by atoms with Crippen LogP contribution in [-0.4, -0.2) is 161 Å². The van der Waals surface area contributed by atoms with Gasteiger partial charge >= 0.3 is 0 Å². The highest BCUT2D eigenvalue weighted by Crippen LogP contribution is 2.31. The summed E-state index contributed by atoms with van der Waals surface area (Å²) >= 11 is 0. The standard InChI is InChI=1S/C53H87N7O12S/c1-14-34(8)47(58(11)53(67)46(33(6)7)56-52(66)45(31(2)3)32(4)5)42(70-12)29-43(61)60-25-15-16-41(60)48(71-13)35(9)49(63)55-40(51(65)57-73(68,69)39-21-22-39)28-36-17-19-38(20-18-36)72-30-44(62)59-26-23-37(24-27-59)50(64)54-10/h17-20,31-35,37,39-42,45-48H,14-16,21-30H2,1-13H3,(H,54,64)(H,55,63)(H,56,66)(H,57,65)/t34-,35+,40-,41-,42+,46-,47-,48+/m0/s1. The second-order valence-electron chi connectivity index (χ2n) is 21.5. The molecule has 0 spiro atoms. The molecule has 73 heavy (non-hydrogen) atoms.